The first-order valence-electron chi connectivity index (χ1n) is 5.77. The first-order chi connectivity index (χ1) is 8.37. The van der Waals surface area contributed by atoms with E-state index in [-0.39, 0.29) is 10.8 Å². The highest BCUT2D eigenvalue weighted by molar-refractivity contribution is 8.00. The summed E-state index contributed by atoms with van der Waals surface area (Å²) in [6.45, 7) is 5.10. The summed E-state index contributed by atoms with van der Waals surface area (Å²) in [5.41, 5.74) is 0. The summed E-state index contributed by atoms with van der Waals surface area (Å²) < 4.78 is -0.0427. The molecule has 1 heterocycles. The van der Waals surface area contributed by atoms with Crippen LogP contribution in [0.5, 0.6) is 0 Å². The fourth-order valence-corrected chi connectivity index (χ4v) is 2.77. The van der Waals surface area contributed by atoms with Crippen LogP contribution >= 0.6 is 23.5 Å². The van der Waals surface area contributed by atoms with Crippen molar-refractivity contribution in [3.05, 3.63) is 0 Å². The van der Waals surface area contributed by atoms with Gasteiger partial charge in [0.05, 0.1) is 0 Å². The molecule has 1 aliphatic heterocycles. The Labute approximate surface area is 116 Å². The number of carbonyl (C=O) groups is 2. The van der Waals surface area contributed by atoms with Gasteiger partial charge in [0.2, 0.25) is 0 Å². The molecule has 0 aromatic carbocycles. The van der Waals surface area contributed by atoms with Crippen molar-refractivity contribution in [2.75, 3.05) is 30.9 Å². The minimum atomic E-state index is -0.929. The fourth-order valence-electron chi connectivity index (χ4n) is 1.51. The van der Waals surface area contributed by atoms with E-state index in [0.29, 0.717) is 18.8 Å². The van der Waals surface area contributed by atoms with Gasteiger partial charge >= 0.3 is 12.0 Å². The molecule has 0 spiro atoms. The molecule has 2 N–H and O–H groups in total. The highest BCUT2D eigenvalue weighted by Gasteiger charge is 2.32. The topological polar surface area (TPSA) is 69.6 Å². The maximum Gasteiger partial charge on any atom is 0.327 e. The van der Waals surface area contributed by atoms with Crippen LogP contribution in [0.2, 0.25) is 0 Å². The Morgan fingerprint density at radius 2 is 2.22 bits per heavy atom. The summed E-state index contributed by atoms with van der Waals surface area (Å²) in [6.07, 6.45) is 1.99. The van der Waals surface area contributed by atoms with E-state index in [1.54, 1.807) is 23.5 Å². The fraction of sp³-hybridized carbons (Fsp3) is 0.818. The summed E-state index contributed by atoms with van der Waals surface area (Å²) in [7, 11) is 0. The second kappa shape index (κ2) is 6.56. The first kappa shape index (κ1) is 15.5. The predicted molar refractivity (Wildman–Crippen MR) is 76.4 cm³/mol. The molecule has 1 fully saturated rings. The van der Waals surface area contributed by atoms with Crippen LogP contribution in [0.25, 0.3) is 0 Å². The highest BCUT2D eigenvalue weighted by atomic mass is 32.2. The number of nitrogens with zero attached hydrogens (tertiary/aromatic N) is 1. The summed E-state index contributed by atoms with van der Waals surface area (Å²) in [6, 6.07) is -0.981. The normalized spacial score (nSPS) is 20.6. The molecular weight excluding hydrogens is 272 g/mol. The molecule has 2 amide bonds. The number of nitrogens with one attached hydrogen (secondary N) is 1. The Bertz CT molecular complexity index is 323. The molecule has 7 heteroatoms. The summed E-state index contributed by atoms with van der Waals surface area (Å²) in [5, 5.41) is 11.9. The van der Waals surface area contributed by atoms with E-state index in [4.69, 9.17) is 5.11 Å². The van der Waals surface area contributed by atoms with E-state index in [2.05, 4.69) is 5.32 Å². The number of rotatable bonds is 4. The molecule has 1 aliphatic rings. The lowest BCUT2D eigenvalue weighted by atomic mass is 10.2. The minimum Gasteiger partial charge on any atom is -0.480 e. The van der Waals surface area contributed by atoms with E-state index < -0.39 is 12.0 Å². The van der Waals surface area contributed by atoms with Gasteiger partial charge < -0.3 is 15.3 Å². The first-order valence-corrected chi connectivity index (χ1v) is 8.15. The third-order valence-corrected chi connectivity index (χ3v) is 5.16. The number of hydrogen-bond acceptors (Lipinski definition) is 4. The zero-order chi connectivity index (χ0) is 13.8. The van der Waals surface area contributed by atoms with E-state index >= 15 is 0 Å². The largest absolute Gasteiger partial charge is 0.480 e. The van der Waals surface area contributed by atoms with Crippen molar-refractivity contribution in [2.24, 2.45) is 0 Å². The molecule has 5 nitrogen and oxygen atoms in total. The molecule has 1 atom stereocenters. The SMILES string of the molecule is CSC(C)(C)CNC(=O)N1CCSCC1C(=O)O. The van der Waals surface area contributed by atoms with Crippen molar-refractivity contribution in [3.8, 4) is 0 Å². The number of aliphatic carboxylic acids is 1. The molecule has 0 aromatic rings. The average molecular weight is 292 g/mol. The number of carboxylic acids is 1. The smallest absolute Gasteiger partial charge is 0.327 e. The van der Waals surface area contributed by atoms with Gasteiger partial charge in [0.15, 0.2) is 0 Å². The molecule has 18 heavy (non-hydrogen) atoms. The average Bonchev–Trinajstić information content (AvgIpc) is 2.36. The lowest BCUT2D eigenvalue weighted by molar-refractivity contribution is -0.141. The second-order valence-corrected chi connectivity index (χ2v) is 7.41. The number of carboxylic acid groups (broad SMARTS) is 1. The minimum absolute atomic E-state index is 0.0427. The molecular formula is C11H20N2O3S2. The van der Waals surface area contributed by atoms with Crippen molar-refractivity contribution in [2.45, 2.75) is 24.6 Å². The Hall–Kier alpha value is -0.560. The predicted octanol–water partition coefficient (Wildman–Crippen LogP) is 1.34. The maximum absolute atomic E-state index is 12.0. The third-order valence-electron chi connectivity index (χ3n) is 2.89. The van der Waals surface area contributed by atoms with Gasteiger partial charge in [0.25, 0.3) is 0 Å². The quantitative estimate of drug-likeness (QED) is 0.818. The van der Waals surface area contributed by atoms with Crippen molar-refractivity contribution < 1.29 is 14.7 Å². The molecule has 1 rings (SSSR count). The number of urea groups is 1. The van der Waals surface area contributed by atoms with Crippen LogP contribution in [0, 0.1) is 0 Å². The summed E-state index contributed by atoms with van der Waals surface area (Å²) in [5.74, 6) is 0.333. The van der Waals surface area contributed by atoms with Crippen molar-refractivity contribution in [1.29, 1.82) is 0 Å². The third kappa shape index (κ3) is 4.28. The van der Waals surface area contributed by atoms with Gasteiger partial charge in [-0.15, -0.1) is 0 Å². The van der Waals surface area contributed by atoms with Crippen LogP contribution in [-0.4, -0.2) is 63.6 Å². The van der Waals surface area contributed by atoms with Crippen LogP contribution in [0.1, 0.15) is 13.8 Å². The standard InChI is InChI=1S/C11H20N2O3S2/c1-11(2,17-3)7-12-10(16)13-4-5-18-6-8(13)9(14)15/h8H,4-7H2,1-3H3,(H,12,16)(H,14,15). The monoisotopic (exact) mass is 292 g/mol. The molecule has 0 bridgehead atoms. The molecule has 0 aromatic heterocycles. The van der Waals surface area contributed by atoms with Gasteiger partial charge in [0.1, 0.15) is 6.04 Å². The Morgan fingerprint density at radius 3 is 2.78 bits per heavy atom. The lowest BCUT2D eigenvalue weighted by Crippen LogP contribution is -2.55. The zero-order valence-electron chi connectivity index (χ0n) is 10.9. The Kier molecular flexibility index (Phi) is 5.65. The van der Waals surface area contributed by atoms with Crippen LogP contribution < -0.4 is 5.32 Å². The lowest BCUT2D eigenvalue weighted by Gasteiger charge is -2.33. The summed E-state index contributed by atoms with van der Waals surface area (Å²) >= 11 is 3.24. The van der Waals surface area contributed by atoms with Gasteiger partial charge in [-0.3, -0.25) is 0 Å². The van der Waals surface area contributed by atoms with E-state index in [1.807, 2.05) is 20.1 Å². The molecule has 0 aliphatic carbocycles. The van der Waals surface area contributed by atoms with Crippen LogP contribution in [0.15, 0.2) is 0 Å². The van der Waals surface area contributed by atoms with Crippen molar-refractivity contribution >= 4 is 35.5 Å². The number of thioether (sulfide) groups is 2. The molecule has 0 saturated carbocycles. The number of amides is 2. The molecule has 104 valence electrons. The number of carbonyl (C=O) groups excluding carboxylic acids is 1. The molecule has 1 saturated heterocycles. The highest BCUT2D eigenvalue weighted by Crippen LogP contribution is 2.20. The Morgan fingerprint density at radius 1 is 1.56 bits per heavy atom. The van der Waals surface area contributed by atoms with Gasteiger partial charge in [-0.25, -0.2) is 9.59 Å². The van der Waals surface area contributed by atoms with Gasteiger partial charge in [0, 0.05) is 29.3 Å². The van der Waals surface area contributed by atoms with Crippen LogP contribution in [0.3, 0.4) is 0 Å². The van der Waals surface area contributed by atoms with Gasteiger partial charge in [-0.1, -0.05) is 0 Å². The van der Waals surface area contributed by atoms with E-state index in [0.717, 1.165) is 5.75 Å². The van der Waals surface area contributed by atoms with Gasteiger partial charge in [-0.2, -0.15) is 23.5 Å². The van der Waals surface area contributed by atoms with Crippen LogP contribution in [-0.2, 0) is 4.79 Å². The maximum atomic E-state index is 12.0. The van der Waals surface area contributed by atoms with Crippen molar-refractivity contribution in [1.82, 2.24) is 10.2 Å². The van der Waals surface area contributed by atoms with E-state index in [9.17, 15) is 9.59 Å². The van der Waals surface area contributed by atoms with E-state index in [1.165, 1.54) is 4.90 Å². The van der Waals surface area contributed by atoms with Crippen molar-refractivity contribution in [3.63, 3.8) is 0 Å². The Balaban J connectivity index is 2.56. The number of hydrogen-bond donors (Lipinski definition) is 2. The molecule has 0 radical (unpaired) electrons. The second-order valence-electron chi connectivity index (χ2n) is 4.74. The van der Waals surface area contributed by atoms with Crippen LogP contribution in [0.4, 0.5) is 4.79 Å². The zero-order valence-corrected chi connectivity index (χ0v) is 12.6. The molecule has 1 unspecified atom stereocenters. The van der Waals surface area contributed by atoms with Gasteiger partial charge in [-0.05, 0) is 20.1 Å². The summed E-state index contributed by atoms with van der Waals surface area (Å²) in [4.78, 5) is 24.5.